The minimum Gasteiger partial charge on any atom is -0.299 e. The Balaban J connectivity index is 2.50. The van der Waals surface area contributed by atoms with Crippen LogP contribution in [0.15, 0.2) is 12.7 Å². The van der Waals surface area contributed by atoms with Gasteiger partial charge in [0.2, 0.25) is 0 Å². The van der Waals surface area contributed by atoms with Crippen LogP contribution in [0, 0.1) is 5.41 Å². The smallest absolute Gasteiger partial charge is 0.138 e. The normalized spacial score (nSPS) is 30.8. The maximum absolute atomic E-state index is 11.4. The van der Waals surface area contributed by atoms with E-state index in [0.29, 0.717) is 5.78 Å². The number of ketones is 1. The van der Waals surface area contributed by atoms with Crippen LogP contribution in [0.3, 0.4) is 0 Å². The van der Waals surface area contributed by atoms with Crippen molar-refractivity contribution in [2.24, 2.45) is 5.41 Å². The Kier molecular flexibility index (Phi) is 2.48. The van der Waals surface area contributed by atoms with Crippen molar-refractivity contribution < 1.29 is 4.79 Å². The Morgan fingerprint density at radius 2 is 2.45 bits per heavy atom. The molecule has 1 nitrogen and oxygen atoms in total. The van der Waals surface area contributed by atoms with Crippen LogP contribution in [0.4, 0.5) is 0 Å². The number of hydrogen-bond donors (Lipinski definition) is 0. The molecule has 62 valence electrons. The Bertz CT molecular complexity index is 172. The Hall–Kier alpha value is -0.590. The van der Waals surface area contributed by atoms with Gasteiger partial charge in [0.05, 0.1) is 0 Å². The number of allylic oxidation sites excluding steroid dienone is 1. The number of carbonyl (C=O) groups excluding carboxylic acids is 1. The van der Waals surface area contributed by atoms with E-state index >= 15 is 0 Å². The maximum atomic E-state index is 11.4. The van der Waals surface area contributed by atoms with Crippen molar-refractivity contribution in [1.82, 2.24) is 0 Å². The first-order valence-electron chi connectivity index (χ1n) is 4.33. The van der Waals surface area contributed by atoms with Crippen molar-refractivity contribution in [3.8, 4) is 0 Å². The van der Waals surface area contributed by atoms with Gasteiger partial charge in [0.25, 0.3) is 0 Å². The molecule has 11 heavy (non-hydrogen) atoms. The molecule has 0 saturated heterocycles. The van der Waals surface area contributed by atoms with Gasteiger partial charge in [-0.3, -0.25) is 4.79 Å². The summed E-state index contributed by atoms with van der Waals surface area (Å²) in [4.78, 5) is 11.4. The quantitative estimate of drug-likeness (QED) is 0.568. The van der Waals surface area contributed by atoms with Crippen molar-refractivity contribution in [2.75, 3.05) is 0 Å². The highest BCUT2D eigenvalue weighted by Crippen LogP contribution is 2.38. The van der Waals surface area contributed by atoms with E-state index in [1.807, 2.05) is 6.08 Å². The van der Waals surface area contributed by atoms with Gasteiger partial charge >= 0.3 is 0 Å². The highest BCUT2D eigenvalue weighted by atomic mass is 16.1. The van der Waals surface area contributed by atoms with Gasteiger partial charge in [-0.05, 0) is 25.7 Å². The number of rotatable bonds is 3. The molecule has 0 bridgehead atoms. The van der Waals surface area contributed by atoms with Gasteiger partial charge in [-0.1, -0.05) is 13.0 Å². The third-order valence-corrected chi connectivity index (χ3v) is 2.71. The minimum atomic E-state index is -0.00576. The van der Waals surface area contributed by atoms with Crippen molar-refractivity contribution in [2.45, 2.75) is 39.0 Å². The SMILES string of the molecule is C=CCC[C@@]1(C)CCCC1=O. The predicted molar refractivity (Wildman–Crippen MR) is 46.4 cm³/mol. The molecule has 0 aromatic carbocycles. The highest BCUT2D eigenvalue weighted by molar-refractivity contribution is 5.86. The fraction of sp³-hybridized carbons (Fsp3) is 0.700. The zero-order valence-corrected chi connectivity index (χ0v) is 7.23. The van der Waals surface area contributed by atoms with Crippen LogP contribution in [-0.4, -0.2) is 5.78 Å². The summed E-state index contributed by atoms with van der Waals surface area (Å²) in [5.74, 6) is 0.458. The summed E-state index contributed by atoms with van der Waals surface area (Å²) in [7, 11) is 0. The molecular formula is C10H16O. The van der Waals surface area contributed by atoms with Gasteiger partial charge in [0.15, 0.2) is 0 Å². The fourth-order valence-corrected chi connectivity index (χ4v) is 1.77. The molecule has 0 N–H and O–H groups in total. The lowest BCUT2D eigenvalue weighted by Crippen LogP contribution is -2.20. The summed E-state index contributed by atoms with van der Waals surface area (Å²) in [5, 5.41) is 0. The van der Waals surface area contributed by atoms with Crippen LogP contribution < -0.4 is 0 Å². The van der Waals surface area contributed by atoms with Crippen molar-refractivity contribution in [3.05, 3.63) is 12.7 Å². The standard InChI is InChI=1S/C10H16O/c1-3-4-7-10(2)8-5-6-9(10)11/h3H,1,4-8H2,2H3/t10-/m0/s1. The largest absolute Gasteiger partial charge is 0.299 e. The molecule has 1 saturated carbocycles. The minimum absolute atomic E-state index is 0.00576. The second-order valence-electron chi connectivity index (χ2n) is 3.66. The molecule has 0 unspecified atom stereocenters. The predicted octanol–water partition coefficient (Wildman–Crippen LogP) is 2.71. The number of Topliss-reactive ketones (excluding diaryl/α,β-unsaturated/α-hetero) is 1. The van der Waals surface area contributed by atoms with Crippen molar-refractivity contribution >= 4 is 5.78 Å². The summed E-state index contributed by atoms with van der Waals surface area (Å²) in [5.41, 5.74) is -0.00576. The first-order valence-corrected chi connectivity index (χ1v) is 4.33. The monoisotopic (exact) mass is 152 g/mol. The Morgan fingerprint density at radius 1 is 1.73 bits per heavy atom. The molecule has 0 aromatic heterocycles. The maximum Gasteiger partial charge on any atom is 0.138 e. The van der Waals surface area contributed by atoms with E-state index in [4.69, 9.17) is 0 Å². The Morgan fingerprint density at radius 3 is 2.91 bits per heavy atom. The summed E-state index contributed by atoms with van der Waals surface area (Å²) < 4.78 is 0. The Labute approximate surface area is 68.5 Å². The van der Waals surface area contributed by atoms with Gasteiger partial charge in [-0.15, -0.1) is 6.58 Å². The van der Waals surface area contributed by atoms with Crippen LogP contribution in [0.1, 0.15) is 39.0 Å². The van der Waals surface area contributed by atoms with E-state index in [1.165, 1.54) is 0 Å². The number of hydrogen-bond acceptors (Lipinski definition) is 1. The molecule has 1 atom stereocenters. The first-order chi connectivity index (χ1) is 5.19. The average molecular weight is 152 g/mol. The summed E-state index contributed by atoms with van der Waals surface area (Å²) in [6.45, 7) is 5.76. The molecule has 0 amide bonds. The molecule has 1 aliphatic carbocycles. The van der Waals surface area contributed by atoms with E-state index in [9.17, 15) is 4.79 Å². The lowest BCUT2D eigenvalue weighted by molar-refractivity contribution is -0.125. The molecule has 0 aliphatic heterocycles. The summed E-state index contributed by atoms with van der Waals surface area (Å²) in [6, 6.07) is 0. The zero-order valence-electron chi connectivity index (χ0n) is 7.23. The van der Waals surface area contributed by atoms with Gasteiger partial charge in [-0.25, -0.2) is 0 Å². The fourth-order valence-electron chi connectivity index (χ4n) is 1.77. The second-order valence-corrected chi connectivity index (χ2v) is 3.66. The van der Waals surface area contributed by atoms with E-state index in [0.717, 1.165) is 32.1 Å². The van der Waals surface area contributed by atoms with E-state index in [-0.39, 0.29) is 5.41 Å². The topological polar surface area (TPSA) is 17.1 Å². The summed E-state index contributed by atoms with van der Waals surface area (Å²) in [6.07, 6.45) is 6.84. The third kappa shape index (κ3) is 1.70. The molecule has 0 aromatic rings. The summed E-state index contributed by atoms with van der Waals surface area (Å²) >= 11 is 0. The lowest BCUT2D eigenvalue weighted by atomic mass is 9.83. The molecule has 0 radical (unpaired) electrons. The highest BCUT2D eigenvalue weighted by Gasteiger charge is 2.35. The van der Waals surface area contributed by atoms with Gasteiger partial charge < -0.3 is 0 Å². The van der Waals surface area contributed by atoms with E-state index in [1.54, 1.807) is 0 Å². The van der Waals surface area contributed by atoms with Gasteiger partial charge in [0.1, 0.15) is 5.78 Å². The molecule has 1 fully saturated rings. The van der Waals surface area contributed by atoms with Crippen molar-refractivity contribution in [1.29, 1.82) is 0 Å². The molecular weight excluding hydrogens is 136 g/mol. The van der Waals surface area contributed by atoms with Crippen LogP contribution in [-0.2, 0) is 4.79 Å². The molecule has 0 heterocycles. The zero-order chi connectivity index (χ0) is 8.32. The van der Waals surface area contributed by atoms with Crippen LogP contribution >= 0.6 is 0 Å². The van der Waals surface area contributed by atoms with Crippen LogP contribution in [0.25, 0.3) is 0 Å². The molecule has 1 rings (SSSR count). The van der Waals surface area contributed by atoms with Crippen LogP contribution in [0.2, 0.25) is 0 Å². The average Bonchev–Trinajstić information content (AvgIpc) is 2.30. The van der Waals surface area contributed by atoms with Crippen LogP contribution in [0.5, 0.6) is 0 Å². The first kappa shape index (κ1) is 8.51. The second kappa shape index (κ2) is 3.21. The molecule has 1 heteroatoms. The van der Waals surface area contributed by atoms with E-state index < -0.39 is 0 Å². The molecule has 1 aliphatic rings. The van der Waals surface area contributed by atoms with E-state index in [2.05, 4.69) is 13.5 Å². The molecule has 0 spiro atoms. The van der Waals surface area contributed by atoms with Crippen molar-refractivity contribution in [3.63, 3.8) is 0 Å². The van der Waals surface area contributed by atoms with Gasteiger partial charge in [-0.2, -0.15) is 0 Å². The lowest BCUT2D eigenvalue weighted by Gasteiger charge is -2.20. The number of carbonyl (C=O) groups is 1. The third-order valence-electron chi connectivity index (χ3n) is 2.71. The van der Waals surface area contributed by atoms with Gasteiger partial charge in [0, 0.05) is 11.8 Å².